The Morgan fingerprint density at radius 3 is 2.85 bits per heavy atom. The number of amides is 1. The monoisotopic (exact) mass is 352 g/mol. The van der Waals surface area contributed by atoms with E-state index in [0.29, 0.717) is 17.4 Å². The predicted octanol–water partition coefficient (Wildman–Crippen LogP) is 4.14. The molecule has 0 spiro atoms. The lowest BCUT2D eigenvalue weighted by Gasteiger charge is -2.32. The van der Waals surface area contributed by atoms with Crippen LogP contribution in [0.25, 0.3) is 0 Å². The van der Waals surface area contributed by atoms with Crippen molar-refractivity contribution in [1.82, 2.24) is 9.97 Å². The zero-order chi connectivity index (χ0) is 18.7. The van der Waals surface area contributed by atoms with Gasteiger partial charge in [0.1, 0.15) is 17.3 Å². The molecule has 1 aliphatic heterocycles. The van der Waals surface area contributed by atoms with Gasteiger partial charge in [0.05, 0.1) is 0 Å². The Labute approximate surface area is 155 Å². The van der Waals surface area contributed by atoms with Crippen LogP contribution in [0.5, 0.6) is 0 Å². The molecule has 5 heteroatoms. The van der Waals surface area contributed by atoms with Crippen LogP contribution >= 0.6 is 0 Å². The number of anilines is 2. The van der Waals surface area contributed by atoms with Gasteiger partial charge in [-0.25, -0.2) is 9.97 Å². The fourth-order valence-corrected chi connectivity index (χ4v) is 3.61. The molecular weight excluding hydrogens is 324 g/mol. The summed E-state index contributed by atoms with van der Waals surface area (Å²) < 4.78 is 0. The number of para-hydroxylation sites is 1. The van der Waals surface area contributed by atoms with Gasteiger partial charge in [0, 0.05) is 24.8 Å². The summed E-state index contributed by atoms with van der Waals surface area (Å²) in [7, 11) is 0. The van der Waals surface area contributed by atoms with Crippen molar-refractivity contribution in [2.75, 3.05) is 23.3 Å². The molecule has 1 amide bonds. The number of benzene rings is 1. The van der Waals surface area contributed by atoms with Crippen molar-refractivity contribution in [3.05, 3.63) is 46.9 Å². The third-order valence-corrected chi connectivity index (χ3v) is 5.02. The van der Waals surface area contributed by atoms with E-state index in [0.717, 1.165) is 48.6 Å². The maximum atomic E-state index is 12.9. The first-order valence-electron chi connectivity index (χ1n) is 9.48. The highest BCUT2D eigenvalue weighted by atomic mass is 16.1. The number of carbonyl (C=O) groups is 1. The molecule has 1 fully saturated rings. The molecule has 138 valence electrons. The zero-order valence-corrected chi connectivity index (χ0v) is 16.2. The maximum absolute atomic E-state index is 12.9. The van der Waals surface area contributed by atoms with Gasteiger partial charge >= 0.3 is 0 Å². The van der Waals surface area contributed by atoms with Gasteiger partial charge in [0.25, 0.3) is 5.91 Å². The second kappa shape index (κ2) is 7.85. The summed E-state index contributed by atoms with van der Waals surface area (Å²) in [6.45, 7) is 10.2. The summed E-state index contributed by atoms with van der Waals surface area (Å²) in [5.74, 6) is 1.96. The van der Waals surface area contributed by atoms with Crippen molar-refractivity contribution in [1.29, 1.82) is 0 Å². The summed E-state index contributed by atoms with van der Waals surface area (Å²) in [5.41, 5.74) is 3.52. The number of nitrogens with zero attached hydrogens (tertiary/aromatic N) is 3. The maximum Gasteiger partial charge on any atom is 0.274 e. The fraction of sp³-hybridized carbons (Fsp3) is 0.476. The van der Waals surface area contributed by atoms with Crippen molar-refractivity contribution >= 4 is 17.4 Å². The summed E-state index contributed by atoms with van der Waals surface area (Å²) in [5, 5.41) is 3.06. The van der Waals surface area contributed by atoms with Crippen molar-refractivity contribution < 1.29 is 4.79 Å². The lowest BCUT2D eigenvalue weighted by molar-refractivity contribution is 0.102. The Hall–Kier alpha value is -2.43. The van der Waals surface area contributed by atoms with Crippen LogP contribution in [-0.2, 0) is 6.42 Å². The van der Waals surface area contributed by atoms with Crippen LogP contribution in [0.15, 0.2) is 24.3 Å². The first-order chi connectivity index (χ1) is 12.5. The molecule has 3 rings (SSSR count). The lowest BCUT2D eigenvalue weighted by Crippen LogP contribution is -2.35. The van der Waals surface area contributed by atoms with Crippen LogP contribution in [-0.4, -0.2) is 29.0 Å². The number of nitrogens with one attached hydrogen (secondary N) is 1. The summed E-state index contributed by atoms with van der Waals surface area (Å²) in [6.07, 6.45) is 3.28. The third-order valence-electron chi connectivity index (χ3n) is 5.02. The molecule has 1 aliphatic rings. The second-order valence-corrected chi connectivity index (χ2v) is 7.27. The van der Waals surface area contributed by atoms with E-state index in [1.165, 1.54) is 6.42 Å². The fourth-order valence-electron chi connectivity index (χ4n) is 3.61. The molecule has 5 nitrogen and oxygen atoms in total. The van der Waals surface area contributed by atoms with Crippen molar-refractivity contribution in [3.8, 4) is 0 Å². The predicted molar refractivity (Wildman–Crippen MR) is 106 cm³/mol. The Bertz CT molecular complexity index is 803. The molecule has 1 aromatic heterocycles. The zero-order valence-electron chi connectivity index (χ0n) is 16.2. The SMILES string of the molecule is CCc1cccc(C)c1NC(=O)c1cc(N2CCCC(C)C2)nc(C)n1. The summed E-state index contributed by atoms with van der Waals surface area (Å²) in [4.78, 5) is 24.1. The van der Waals surface area contributed by atoms with Gasteiger partial charge in [-0.05, 0) is 50.2 Å². The molecule has 1 saturated heterocycles. The Balaban J connectivity index is 1.86. The summed E-state index contributed by atoms with van der Waals surface area (Å²) in [6, 6.07) is 7.91. The standard InChI is InChI=1S/C21H28N4O/c1-5-17-10-6-9-15(3)20(17)24-21(26)18-12-19(23-16(4)22-18)25-11-7-8-14(2)13-25/h6,9-10,12,14H,5,7-8,11,13H2,1-4H3,(H,24,26). The number of hydrogen-bond acceptors (Lipinski definition) is 4. The first kappa shape index (κ1) is 18.4. The Morgan fingerprint density at radius 1 is 1.31 bits per heavy atom. The van der Waals surface area contributed by atoms with Gasteiger partial charge in [-0.1, -0.05) is 32.0 Å². The van der Waals surface area contributed by atoms with Gasteiger partial charge in [-0.15, -0.1) is 0 Å². The Morgan fingerprint density at radius 2 is 2.12 bits per heavy atom. The summed E-state index contributed by atoms with van der Waals surface area (Å²) >= 11 is 0. The Kier molecular flexibility index (Phi) is 5.55. The highest BCUT2D eigenvalue weighted by molar-refractivity contribution is 6.04. The van der Waals surface area contributed by atoms with Gasteiger partial charge in [-0.2, -0.15) is 0 Å². The highest BCUT2D eigenvalue weighted by Gasteiger charge is 2.20. The van der Waals surface area contributed by atoms with E-state index in [2.05, 4.69) is 34.0 Å². The average Bonchev–Trinajstić information content (AvgIpc) is 2.62. The number of hydrogen-bond donors (Lipinski definition) is 1. The number of piperidine rings is 1. The third kappa shape index (κ3) is 4.03. The molecular formula is C21H28N4O. The van der Waals surface area contributed by atoms with E-state index in [1.807, 2.05) is 38.1 Å². The van der Waals surface area contributed by atoms with Crippen LogP contribution in [0.3, 0.4) is 0 Å². The van der Waals surface area contributed by atoms with Crippen molar-refractivity contribution in [3.63, 3.8) is 0 Å². The van der Waals surface area contributed by atoms with Crippen molar-refractivity contribution in [2.45, 2.75) is 47.0 Å². The molecule has 2 heterocycles. The number of aromatic nitrogens is 2. The molecule has 1 N–H and O–H groups in total. The van der Waals surface area contributed by atoms with E-state index in [1.54, 1.807) is 0 Å². The minimum Gasteiger partial charge on any atom is -0.356 e. The van der Waals surface area contributed by atoms with E-state index in [4.69, 9.17) is 0 Å². The first-order valence-corrected chi connectivity index (χ1v) is 9.48. The number of aryl methyl sites for hydroxylation is 3. The minimum absolute atomic E-state index is 0.175. The molecule has 0 bridgehead atoms. The van der Waals surface area contributed by atoms with E-state index in [-0.39, 0.29) is 5.91 Å². The van der Waals surface area contributed by atoms with E-state index < -0.39 is 0 Å². The smallest absolute Gasteiger partial charge is 0.274 e. The van der Waals surface area contributed by atoms with Gasteiger partial charge in [-0.3, -0.25) is 4.79 Å². The highest BCUT2D eigenvalue weighted by Crippen LogP contribution is 2.24. The molecule has 1 unspecified atom stereocenters. The molecule has 2 aromatic rings. The second-order valence-electron chi connectivity index (χ2n) is 7.27. The quantitative estimate of drug-likeness (QED) is 0.898. The van der Waals surface area contributed by atoms with Crippen LogP contribution in [0.4, 0.5) is 11.5 Å². The molecule has 1 atom stereocenters. The lowest BCUT2D eigenvalue weighted by atomic mass is 10.0. The number of carbonyl (C=O) groups excluding carboxylic acids is 1. The molecule has 1 aromatic carbocycles. The van der Waals surface area contributed by atoms with Crippen LogP contribution < -0.4 is 10.2 Å². The normalized spacial score (nSPS) is 17.2. The average molecular weight is 352 g/mol. The molecule has 26 heavy (non-hydrogen) atoms. The number of rotatable bonds is 4. The topological polar surface area (TPSA) is 58.1 Å². The van der Waals surface area contributed by atoms with Crippen LogP contribution in [0.1, 0.15) is 54.1 Å². The van der Waals surface area contributed by atoms with Gasteiger partial charge in [0.2, 0.25) is 0 Å². The van der Waals surface area contributed by atoms with E-state index in [9.17, 15) is 4.79 Å². The van der Waals surface area contributed by atoms with Gasteiger partial charge < -0.3 is 10.2 Å². The minimum atomic E-state index is -0.175. The van der Waals surface area contributed by atoms with Crippen molar-refractivity contribution in [2.24, 2.45) is 5.92 Å². The van der Waals surface area contributed by atoms with E-state index >= 15 is 0 Å². The molecule has 0 saturated carbocycles. The van der Waals surface area contributed by atoms with Gasteiger partial charge in [0.15, 0.2) is 0 Å². The molecule has 0 radical (unpaired) electrons. The van der Waals surface area contributed by atoms with Crippen LogP contribution in [0.2, 0.25) is 0 Å². The van der Waals surface area contributed by atoms with Crippen LogP contribution in [0, 0.1) is 19.8 Å². The largest absolute Gasteiger partial charge is 0.356 e. The molecule has 0 aliphatic carbocycles.